The van der Waals surface area contributed by atoms with Gasteiger partial charge in [-0.25, -0.2) is 0 Å². The molecule has 2 rings (SSSR count). The van der Waals surface area contributed by atoms with Gasteiger partial charge in [-0.05, 0) is 45.9 Å². The number of hydrogen-bond donors (Lipinski definition) is 0. The van der Waals surface area contributed by atoms with Crippen LogP contribution >= 0.6 is 22.6 Å². The van der Waals surface area contributed by atoms with Crippen LogP contribution in [0.1, 0.15) is 18.1 Å². The maximum Gasteiger partial charge on any atom is 0.302 e. The molecule has 0 amide bonds. The highest BCUT2D eigenvalue weighted by atomic mass is 127. The molecule has 0 saturated heterocycles. The zero-order chi connectivity index (χ0) is 10.1. The van der Waals surface area contributed by atoms with Crippen molar-refractivity contribution in [2.45, 2.75) is 25.9 Å². The van der Waals surface area contributed by atoms with E-state index in [0.29, 0.717) is 0 Å². The summed E-state index contributed by atoms with van der Waals surface area (Å²) >= 11 is 2.30. The Bertz CT molecular complexity index is 374. The number of ether oxygens (including phenoxy) is 1. The van der Waals surface area contributed by atoms with E-state index >= 15 is 0 Å². The summed E-state index contributed by atoms with van der Waals surface area (Å²) in [6, 6.07) is 6.38. The lowest BCUT2D eigenvalue weighted by atomic mass is 10.1. The summed E-state index contributed by atoms with van der Waals surface area (Å²) in [4.78, 5) is 10.8. The van der Waals surface area contributed by atoms with Crippen LogP contribution in [0, 0.1) is 3.57 Å². The van der Waals surface area contributed by atoms with Crippen molar-refractivity contribution in [2.24, 2.45) is 0 Å². The Hall–Kier alpha value is -0.580. The summed E-state index contributed by atoms with van der Waals surface area (Å²) in [5, 5.41) is 0. The van der Waals surface area contributed by atoms with Crippen molar-refractivity contribution in [3.63, 3.8) is 0 Å². The molecule has 0 radical (unpaired) electrons. The second kappa shape index (κ2) is 3.88. The van der Waals surface area contributed by atoms with Crippen molar-refractivity contribution >= 4 is 28.6 Å². The number of fused-ring (bicyclic) bond motifs is 1. The van der Waals surface area contributed by atoms with E-state index in [0.717, 1.165) is 12.8 Å². The predicted octanol–water partition coefficient (Wildman–Crippen LogP) is 2.32. The molecule has 0 aliphatic heterocycles. The van der Waals surface area contributed by atoms with Crippen molar-refractivity contribution < 1.29 is 9.53 Å². The Morgan fingerprint density at radius 3 is 2.86 bits per heavy atom. The number of benzene rings is 1. The van der Waals surface area contributed by atoms with Gasteiger partial charge in [0.2, 0.25) is 0 Å². The molecule has 1 aliphatic rings. The molecule has 0 spiro atoms. The topological polar surface area (TPSA) is 26.3 Å². The number of esters is 1. The molecule has 0 aromatic heterocycles. The van der Waals surface area contributed by atoms with Crippen LogP contribution in [-0.2, 0) is 22.4 Å². The zero-order valence-electron chi connectivity index (χ0n) is 7.92. The summed E-state index contributed by atoms with van der Waals surface area (Å²) in [6.45, 7) is 1.47. The minimum absolute atomic E-state index is 0.0562. The van der Waals surface area contributed by atoms with Gasteiger partial charge in [-0.3, -0.25) is 4.79 Å². The van der Waals surface area contributed by atoms with Gasteiger partial charge in [0, 0.05) is 23.3 Å². The maximum absolute atomic E-state index is 10.8. The summed E-state index contributed by atoms with van der Waals surface area (Å²) < 4.78 is 6.43. The van der Waals surface area contributed by atoms with E-state index in [9.17, 15) is 4.79 Å². The first-order valence-electron chi connectivity index (χ1n) is 4.59. The monoisotopic (exact) mass is 302 g/mol. The standard InChI is InChI=1S/C11H11IO2/c1-7(13)14-11-5-8-2-3-10(12)4-9(8)6-11/h2-4,11H,5-6H2,1H3. The Morgan fingerprint density at radius 1 is 1.43 bits per heavy atom. The van der Waals surface area contributed by atoms with Gasteiger partial charge in [-0.1, -0.05) is 6.07 Å². The molecule has 74 valence electrons. The quantitative estimate of drug-likeness (QED) is 0.588. The Balaban J connectivity index is 2.14. The number of rotatable bonds is 1. The maximum atomic E-state index is 10.8. The SMILES string of the molecule is CC(=O)OC1Cc2ccc(I)cc2C1. The molecular formula is C11H11IO2. The molecule has 14 heavy (non-hydrogen) atoms. The molecule has 1 aromatic rings. The molecule has 2 nitrogen and oxygen atoms in total. The number of halogens is 1. The van der Waals surface area contributed by atoms with E-state index in [2.05, 4.69) is 40.8 Å². The van der Waals surface area contributed by atoms with Gasteiger partial charge in [-0.15, -0.1) is 0 Å². The summed E-state index contributed by atoms with van der Waals surface area (Å²) in [6.07, 6.45) is 1.79. The highest BCUT2D eigenvalue weighted by molar-refractivity contribution is 14.1. The predicted molar refractivity (Wildman–Crippen MR) is 62.1 cm³/mol. The average molecular weight is 302 g/mol. The number of carbonyl (C=O) groups excluding carboxylic acids is 1. The van der Waals surface area contributed by atoms with Gasteiger partial charge in [0.1, 0.15) is 6.10 Å². The molecule has 0 N–H and O–H groups in total. The molecule has 1 aliphatic carbocycles. The molecule has 1 unspecified atom stereocenters. The van der Waals surface area contributed by atoms with E-state index in [1.165, 1.54) is 21.6 Å². The Labute approximate surface area is 96.8 Å². The third kappa shape index (κ3) is 2.08. The second-order valence-electron chi connectivity index (χ2n) is 3.55. The van der Waals surface area contributed by atoms with Crippen molar-refractivity contribution in [3.8, 4) is 0 Å². The van der Waals surface area contributed by atoms with Gasteiger partial charge >= 0.3 is 5.97 Å². The zero-order valence-corrected chi connectivity index (χ0v) is 10.1. The fourth-order valence-electron chi connectivity index (χ4n) is 1.86. The normalized spacial score (nSPS) is 19.1. The molecule has 1 aromatic carbocycles. The summed E-state index contributed by atoms with van der Waals surface area (Å²) in [7, 11) is 0. The smallest absolute Gasteiger partial charge is 0.302 e. The highest BCUT2D eigenvalue weighted by Gasteiger charge is 2.23. The van der Waals surface area contributed by atoms with Crippen molar-refractivity contribution in [2.75, 3.05) is 0 Å². The van der Waals surface area contributed by atoms with E-state index < -0.39 is 0 Å². The molecule has 0 bridgehead atoms. The minimum atomic E-state index is -0.183. The lowest BCUT2D eigenvalue weighted by Crippen LogP contribution is -2.15. The number of carbonyl (C=O) groups is 1. The Morgan fingerprint density at radius 2 is 2.14 bits per heavy atom. The van der Waals surface area contributed by atoms with Gasteiger partial charge in [0.05, 0.1) is 0 Å². The Kier molecular flexibility index (Phi) is 2.76. The van der Waals surface area contributed by atoms with Crippen LogP contribution < -0.4 is 0 Å². The molecule has 0 fully saturated rings. The molecule has 0 heterocycles. The van der Waals surface area contributed by atoms with Crippen LogP contribution in [0.2, 0.25) is 0 Å². The molecule has 3 heteroatoms. The summed E-state index contributed by atoms with van der Waals surface area (Å²) in [5.41, 5.74) is 2.64. The largest absolute Gasteiger partial charge is 0.462 e. The first-order valence-corrected chi connectivity index (χ1v) is 5.67. The van der Waals surface area contributed by atoms with E-state index in [4.69, 9.17) is 4.74 Å². The van der Waals surface area contributed by atoms with Crippen LogP contribution in [0.4, 0.5) is 0 Å². The van der Waals surface area contributed by atoms with E-state index in [-0.39, 0.29) is 12.1 Å². The van der Waals surface area contributed by atoms with Gasteiger partial charge < -0.3 is 4.74 Å². The third-order valence-corrected chi connectivity index (χ3v) is 3.07. The van der Waals surface area contributed by atoms with Crippen LogP contribution in [0.25, 0.3) is 0 Å². The molecule has 0 saturated carbocycles. The van der Waals surface area contributed by atoms with E-state index in [1.54, 1.807) is 0 Å². The van der Waals surface area contributed by atoms with E-state index in [1.807, 2.05) is 0 Å². The average Bonchev–Trinajstić information content (AvgIpc) is 2.44. The van der Waals surface area contributed by atoms with Crippen LogP contribution in [0.3, 0.4) is 0 Å². The van der Waals surface area contributed by atoms with Gasteiger partial charge in [-0.2, -0.15) is 0 Å². The second-order valence-corrected chi connectivity index (χ2v) is 4.80. The van der Waals surface area contributed by atoms with Gasteiger partial charge in [0.15, 0.2) is 0 Å². The van der Waals surface area contributed by atoms with Crippen LogP contribution in [-0.4, -0.2) is 12.1 Å². The van der Waals surface area contributed by atoms with Gasteiger partial charge in [0.25, 0.3) is 0 Å². The highest BCUT2D eigenvalue weighted by Crippen LogP contribution is 2.25. The first kappa shape index (κ1) is 9.96. The van der Waals surface area contributed by atoms with Crippen molar-refractivity contribution in [3.05, 3.63) is 32.9 Å². The molecular weight excluding hydrogens is 291 g/mol. The van der Waals surface area contributed by atoms with Crippen LogP contribution in [0.15, 0.2) is 18.2 Å². The fraction of sp³-hybridized carbons (Fsp3) is 0.364. The van der Waals surface area contributed by atoms with Crippen molar-refractivity contribution in [1.29, 1.82) is 0 Å². The third-order valence-electron chi connectivity index (χ3n) is 2.40. The summed E-state index contributed by atoms with van der Waals surface area (Å²) in [5.74, 6) is -0.183. The lowest BCUT2D eigenvalue weighted by Gasteiger charge is -2.08. The molecule has 1 atom stereocenters. The lowest BCUT2D eigenvalue weighted by molar-refractivity contribution is -0.145. The minimum Gasteiger partial charge on any atom is -0.462 e. The number of hydrogen-bond acceptors (Lipinski definition) is 2. The first-order chi connectivity index (χ1) is 6.65. The van der Waals surface area contributed by atoms with Crippen molar-refractivity contribution in [1.82, 2.24) is 0 Å². The fourth-order valence-corrected chi connectivity index (χ4v) is 2.42. The van der Waals surface area contributed by atoms with Crippen LogP contribution in [0.5, 0.6) is 0 Å².